The van der Waals surface area contributed by atoms with Gasteiger partial charge in [0.2, 0.25) is 0 Å². The van der Waals surface area contributed by atoms with Crippen LogP contribution < -0.4 is 16.0 Å². The number of hydrogen-bond acceptors (Lipinski definition) is 5. The standard InChI is InChI=1S/C24H19N3O4/c1-15-11-13-17(14-12-15)25-22(28)21(16-7-3-2-4-8-16)27-23(29)19-10-6-5-9-18(19)20(26-27)24(30)31/h2-14,21H,1H3,(H,25,28)(H,30,31)/p-1/t21-/m0/s1. The molecule has 3 aromatic carbocycles. The van der Waals surface area contributed by atoms with E-state index >= 15 is 0 Å². The summed E-state index contributed by atoms with van der Waals surface area (Å²) < 4.78 is 0.909. The van der Waals surface area contributed by atoms with Crippen LogP contribution in [-0.4, -0.2) is 21.7 Å². The maximum absolute atomic E-state index is 13.3. The molecule has 0 fully saturated rings. The number of carboxylic acid groups (broad SMARTS) is 1. The molecule has 0 saturated heterocycles. The monoisotopic (exact) mass is 412 g/mol. The zero-order valence-corrected chi connectivity index (χ0v) is 16.6. The quantitative estimate of drug-likeness (QED) is 0.542. The summed E-state index contributed by atoms with van der Waals surface area (Å²) in [6.07, 6.45) is 0. The lowest BCUT2D eigenvalue weighted by atomic mass is 10.1. The van der Waals surface area contributed by atoms with Crippen LogP contribution in [0.5, 0.6) is 0 Å². The van der Waals surface area contributed by atoms with Crippen molar-refractivity contribution in [1.82, 2.24) is 9.78 Å². The smallest absolute Gasteiger partial charge is 0.275 e. The maximum Gasteiger partial charge on any atom is 0.275 e. The highest BCUT2D eigenvalue weighted by molar-refractivity contribution is 6.01. The van der Waals surface area contributed by atoms with Crippen molar-refractivity contribution in [3.05, 3.63) is 106 Å². The number of carbonyl (C=O) groups is 2. The van der Waals surface area contributed by atoms with Crippen LogP contribution in [-0.2, 0) is 4.79 Å². The molecule has 0 aliphatic heterocycles. The lowest BCUT2D eigenvalue weighted by molar-refractivity contribution is -0.255. The number of amides is 1. The van der Waals surface area contributed by atoms with Gasteiger partial charge in [-0.15, -0.1) is 0 Å². The largest absolute Gasteiger partial charge is 0.543 e. The van der Waals surface area contributed by atoms with Gasteiger partial charge in [-0.1, -0.05) is 66.2 Å². The van der Waals surface area contributed by atoms with Gasteiger partial charge in [0.15, 0.2) is 6.04 Å². The fourth-order valence-corrected chi connectivity index (χ4v) is 3.42. The highest BCUT2D eigenvalue weighted by atomic mass is 16.4. The van der Waals surface area contributed by atoms with E-state index in [2.05, 4.69) is 10.4 Å². The molecule has 0 spiro atoms. The number of carboxylic acids is 1. The van der Waals surface area contributed by atoms with Crippen molar-refractivity contribution in [3.8, 4) is 0 Å². The Balaban J connectivity index is 1.90. The van der Waals surface area contributed by atoms with E-state index in [9.17, 15) is 19.5 Å². The molecule has 7 nitrogen and oxygen atoms in total. The third-order valence-electron chi connectivity index (χ3n) is 4.95. The third kappa shape index (κ3) is 3.93. The summed E-state index contributed by atoms with van der Waals surface area (Å²) in [6, 6.07) is 20.8. The predicted octanol–water partition coefficient (Wildman–Crippen LogP) is 2.30. The molecule has 0 saturated carbocycles. The molecule has 0 unspecified atom stereocenters. The summed E-state index contributed by atoms with van der Waals surface area (Å²) in [5.41, 5.74) is 1.09. The summed E-state index contributed by atoms with van der Waals surface area (Å²) in [6.45, 7) is 1.93. The van der Waals surface area contributed by atoms with Gasteiger partial charge < -0.3 is 15.2 Å². The van der Waals surface area contributed by atoms with Gasteiger partial charge in [-0.05, 0) is 30.7 Å². The first-order valence-corrected chi connectivity index (χ1v) is 9.61. The summed E-state index contributed by atoms with van der Waals surface area (Å²) in [5, 5.41) is 18.9. The van der Waals surface area contributed by atoms with Crippen LogP contribution in [0.25, 0.3) is 10.8 Å². The van der Waals surface area contributed by atoms with E-state index in [4.69, 9.17) is 0 Å². The molecule has 1 heterocycles. The Bertz CT molecular complexity index is 1330. The van der Waals surface area contributed by atoms with Crippen molar-refractivity contribution in [3.63, 3.8) is 0 Å². The Kier molecular flexibility index (Phi) is 5.32. The van der Waals surface area contributed by atoms with Gasteiger partial charge in [0.05, 0.1) is 11.4 Å². The van der Waals surface area contributed by atoms with E-state index in [1.807, 2.05) is 19.1 Å². The van der Waals surface area contributed by atoms with E-state index in [1.165, 1.54) is 12.1 Å². The molecule has 0 radical (unpaired) electrons. The molecule has 1 amide bonds. The molecule has 1 N–H and O–H groups in total. The average Bonchev–Trinajstić information content (AvgIpc) is 2.78. The third-order valence-corrected chi connectivity index (χ3v) is 4.95. The molecular weight excluding hydrogens is 394 g/mol. The number of nitrogens with one attached hydrogen (secondary N) is 1. The highest BCUT2D eigenvalue weighted by Crippen LogP contribution is 2.21. The second-order valence-electron chi connectivity index (χ2n) is 7.10. The summed E-state index contributed by atoms with van der Waals surface area (Å²) >= 11 is 0. The number of benzene rings is 3. The van der Waals surface area contributed by atoms with Crippen molar-refractivity contribution < 1.29 is 14.7 Å². The molecule has 7 heteroatoms. The van der Waals surface area contributed by atoms with Gasteiger partial charge in [-0.2, -0.15) is 5.10 Å². The maximum atomic E-state index is 13.3. The second kappa shape index (κ2) is 8.23. The molecule has 4 aromatic rings. The van der Waals surface area contributed by atoms with E-state index in [1.54, 1.807) is 54.6 Å². The Morgan fingerprint density at radius 3 is 2.16 bits per heavy atom. The molecule has 0 aliphatic carbocycles. The van der Waals surface area contributed by atoms with Crippen molar-refractivity contribution in [2.75, 3.05) is 5.32 Å². The van der Waals surface area contributed by atoms with Gasteiger partial charge in [0, 0.05) is 11.1 Å². The van der Waals surface area contributed by atoms with Crippen LogP contribution in [0.3, 0.4) is 0 Å². The summed E-state index contributed by atoms with van der Waals surface area (Å²) in [5.74, 6) is -2.06. The van der Waals surface area contributed by atoms with E-state index < -0.39 is 29.2 Å². The first-order chi connectivity index (χ1) is 15.0. The zero-order valence-electron chi connectivity index (χ0n) is 16.6. The fourth-order valence-electron chi connectivity index (χ4n) is 3.42. The Hall–Kier alpha value is -4.26. The summed E-state index contributed by atoms with van der Waals surface area (Å²) in [4.78, 5) is 38.3. The minimum atomic E-state index is -1.53. The van der Waals surface area contributed by atoms with Gasteiger partial charge >= 0.3 is 0 Å². The van der Waals surface area contributed by atoms with E-state index in [0.29, 0.717) is 11.3 Å². The molecule has 0 bridgehead atoms. The number of nitrogens with zero attached hydrogens (tertiary/aromatic N) is 2. The van der Waals surface area contributed by atoms with Crippen molar-refractivity contribution >= 4 is 28.3 Å². The van der Waals surface area contributed by atoms with Gasteiger partial charge in [-0.3, -0.25) is 9.59 Å². The SMILES string of the molecule is Cc1ccc(NC(=O)[C@H](c2ccccc2)n2nc(C(=O)[O-])c3ccccc3c2=O)cc1. The second-order valence-corrected chi connectivity index (χ2v) is 7.10. The van der Waals surface area contributed by atoms with Crippen LogP contribution in [0.4, 0.5) is 5.69 Å². The minimum Gasteiger partial charge on any atom is -0.543 e. The lowest BCUT2D eigenvalue weighted by Gasteiger charge is -2.21. The average molecular weight is 412 g/mol. The molecular formula is C24H18N3O4-. The number of hydrogen-bond donors (Lipinski definition) is 1. The van der Waals surface area contributed by atoms with Gasteiger partial charge in [0.25, 0.3) is 11.5 Å². The van der Waals surface area contributed by atoms with Crippen molar-refractivity contribution in [2.24, 2.45) is 0 Å². The molecule has 1 aromatic heterocycles. The van der Waals surface area contributed by atoms with E-state index in [0.717, 1.165) is 10.2 Å². The van der Waals surface area contributed by atoms with Gasteiger partial charge in [0.1, 0.15) is 5.69 Å². The Morgan fingerprint density at radius 1 is 0.903 bits per heavy atom. The number of carbonyl (C=O) groups excluding carboxylic acids is 2. The van der Waals surface area contributed by atoms with Crippen LogP contribution in [0.2, 0.25) is 0 Å². The molecule has 154 valence electrons. The topological polar surface area (TPSA) is 104 Å². The first-order valence-electron chi connectivity index (χ1n) is 9.61. The normalized spacial score (nSPS) is 11.8. The number of aromatic nitrogens is 2. The van der Waals surface area contributed by atoms with Crippen molar-refractivity contribution in [1.29, 1.82) is 0 Å². The number of rotatable bonds is 5. The predicted molar refractivity (Wildman–Crippen MR) is 115 cm³/mol. The fraction of sp³-hybridized carbons (Fsp3) is 0.0833. The Morgan fingerprint density at radius 2 is 1.52 bits per heavy atom. The number of fused-ring (bicyclic) bond motifs is 1. The number of aryl methyl sites for hydroxylation is 1. The van der Waals surface area contributed by atoms with Crippen LogP contribution >= 0.6 is 0 Å². The van der Waals surface area contributed by atoms with Crippen molar-refractivity contribution in [2.45, 2.75) is 13.0 Å². The lowest BCUT2D eigenvalue weighted by Crippen LogP contribution is -2.38. The molecule has 31 heavy (non-hydrogen) atoms. The minimum absolute atomic E-state index is 0.140. The molecule has 4 rings (SSSR count). The van der Waals surface area contributed by atoms with Crippen LogP contribution in [0.15, 0.2) is 83.7 Å². The Labute approximate surface area is 177 Å². The van der Waals surface area contributed by atoms with Crippen LogP contribution in [0.1, 0.15) is 27.7 Å². The first kappa shape index (κ1) is 20.0. The molecule has 0 aliphatic rings. The zero-order chi connectivity index (χ0) is 22.0. The number of anilines is 1. The van der Waals surface area contributed by atoms with Crippen LogP contribution in [0, 0.1) is 6.92 Å². The van der Waals surface area contributed by atoms with E-state index in [-0.39, 0.29) is 10.8 Å². The summed E-state index contributed by atoms with van der Waals surface area (Å²) in [7, 11) is 0. The molecule has 1 atom stereocenters. The van der Waals surface area contributed by atoms with Gasteiger partial charge in [-0.25, -0.2) is 4.68 Å². The highest BCUT2D eigenvalue weighted by Gasteiger charge is 2.27. The number of aromatic carboxylic acids is 1.